The molecule has 3 nitrogen and oxygen atoms in total. The average Bonchev–Trinajstić information content (AvgIpc) is 2.46. The molecule has 0 aliphatic carbocycles. The van der Waals surface area contributed by atoms with Crippen molar-refractivity contribution in [2.45, 2.75) is 0 Å². The van der Waals surface area contributed by atoms with Gasteiger partial charge in [0.05, 0.1) is 21.9 Å². The van der Waals surface area contributed by atoms with Gasteiger partial charge in [0.2, 0.25) is 0 Å². The molecular weight excluding hydrogens is 323 g/mol. The van der Waals surface area contributed by atoms with E-state index in [1.807, 2.05) is 24.3 Å². The number of pyridine rings is 1. The smallest absolute Gasteiger partial charge is 0.161 e. The minimum absolute atomic E-state index is 0.340. The number of nitrogens with two attached hydrogens (primary N) is 1. The van der Waals surface area contributed by atoms with Crippen LogP contribution in [0.3, 0.4) is 0 Å². The molecular formula is C15H10BrFN2O. The van der Waals surface area contributed by atoms with Gasteiger partial charge in [-0.05, 0) is 46.3 Å². The summed E-state index contributed by atoms with van der Waals surface area (Å²) in [6.07, 6.45) is 1.55. The number of halogens is 2. The first-order chi connectivity index (χ1) is 9.65. The van der Waals surface area contributed by atoms with Crippen molar-refractivity contribution in [1.82, 2.24) is 4.98 Å². The van der Waals surface area contributed by atoms with Crippen LogP contribution >= 0.6 is 15.9 Å². The Morgan fingerprint density at radius 1 is 1.15 bits per heavy atom. The molecule has 5 heteroatoms. The second kappa shape index (κ2) is 5.09. The van der Waals surface area contributed by atoms with E-state index in [0.29, 0.717) is 21.7 Å². The Balaban J connectivity index is 2.10. The van der Waals surface area contributed by atoms with E-state index in [2.05, 4.69) is 20.9 Å². The molecule has 100 valence electrons. The van der Waals surface area contributed by atoms with Gasteiger partial charge in [0.25, 0.3) is 0 Å². The second-order valence-electron chi connectivity index (χ2n) is 4.24. The molecule has 0 amide bonds. The SMILES string of the molecule is Nc1cnc2ccccc2c1Oc1ccc(F)c(Br)c1. The van der Waals surface area contributed by atoms with Crippen molar-refractivity contribution in [2.75, 3.05) is 5.73 Å². The molecule has 3 rings (SSSR count). The second-order valence-corrected chi connectivity index (χ2v) is 5.09. The van der Waals surface area contributed by atoms with E-state index < -0.39 is 0 Å². The summed E-state index contributed by atoms with van der Waals surface area (Å²) >= 11 is 3.13. The Labute approximate surface area is 123 Å². The van der Waals surface area contributed by atoms with Gasteiger partial charge in [-0.1, -0.05) is 12.1 Å². The summed E-state index contributed by atoms with van der Waals surface area (Å²) in [7, 11) is 0. The van der Waals surface area contributed by atoms with Gasteiger partial charge >= 0.3 is 0 Å². The van der Waals surface area contributed by atoms with E-state index >= 15 is 0 Å². The van der Waals surface area contributed by atoms with Crippen LogP contribution in [0.15, 0.2) is 53.1 Å². The Bertz CT molecular complexity index is 792. The largest absolute Gasteiger partial charge is 0.454 e. The number of hydrogen-bond acceptors (Lipinski definition) is 3. The molecule has 0 radical (unpaired) electrons. The van der Waals surface area contributed by atoms with Crippen LogP contribution in [0.1, 0.15) is 0 Å². The van der Waals surface area contributed by atoms with E-state index in [1.165, 1.54) is 6.07 Å². The van der Waals surface area contributed by atoms with E-state index in [9.17, 15) is 4.39 Å². The van der Waals surface area contributed by atoms with Crippen LogP contribution in [-0.2, 0) is 0 Å². The van der Waals surface area contributed by atoms with Crippen molar-refractivity contribution in [2.24, 2.45) is 0 Å². The van der Waals surface area contributed by atoms with Crippen molar-refractivity contribution >= 4 is 32.5 Å². The molecule has 20 heavy (non-hydrogen) atoms. The van der Waals surface area contributed by atoms with Crippen LogP contribution in [0.5, 0.6) is 11.5 Å². The summed E-state index contributed by atoms with van der Waals surface area (Å²) < 4.78 is 19.4. The first-order valence-corrected chi connectivity index (χ1v) is 6.70. The number of anilines is 1. The molecule has 0 saturated carbocycles. The van der Waals surface area contributed by atoms with Crippen LogP contribution in [0.25, 0.3) is 10.9 Å². The quantitative estimate of drug-likeness (QED) is 0.751. The van der Waals surface area contributed by atoms with Gasteiger partial charge in [-0.15, -0.1) is 0 Å². The lowest BCUT2D eigenvalue weighted by Gasteiger charge is -2.11. The van der Waals surface area contributed by atoms with Gasteiger partial charge in [-0.3, -0.25) is 4.98 Å². The predicted octanol–water partition coefficient (Wildman–Crippen LogP) is 4.51. The van der Waals surface area contributed by atoms with Gasteiger partial charge in [-0.2, -0.15) is 0 Å². The van der Waals surface area contributed by atoms with Crippen molar-refractivity contribution in [1.29, 1.82) is 0 Å². The third-order valence-electron chi connectivity index (χ3n) is 2.86. The Morgan fingerprint density at radius 2 is 1.95 bits per heavy atom. The number of aromatic nitrogens is 1. The van der Waals surface area contributed by atoms with Crippen LogP contribution in [-0.4, -0.2) is 4.98 Å². The zero-order chi connectivity index (χ0) is 14.1. The standard InChI is InChI=1S/C15H10BrFN2O/c16-11-7-9(5-6-12(11)17)20-15-10-3-1-2-4-14(10)19-8-13(15)18/h1-8H,18H2. The number of fused-ring (bicyclic) bond motifs is 1. The lowest BCUT2D eigenvalue weighted by atomic mass is 10.2. The first-order valence-electron chi connectivity index (χ1n) is 5.91. The third kappa shape index (κ3) is 2.32. The molecule has 0 unspecified atom stereocenters. The molecule has 0 atom stereocenters. The minimum atomic E-state index is -0.343. The number of hydrogen-bond donors (Lipinski definition) is 1. The first kappa shape index (κ1) is 12.9. The molecule has 3 aromatic rings. The molecule has 0 saturated heterocycles. The zero-order valence-corrected chi connectivity index (χ0v) is 11.9. The molecule has 1 aromatic heterocycles. The molecule has 0 bridgehead atoms. The summed E-state index contributed by atoms with van der Waals surface area (Å²) in [6.45, 7) is 0. The summed E-state index contributed by atoms with van der Waals surface area (Å²) in [5.41, 5.74) is 7.15. The lowest BCUT2D eigenvalue weighted by molar-refractivity contribution is 0.487. The van der Waals surface area contributed by atoms with Gasteiger partial charge in [-0.25, -0.2) is 4.39 Å². The highest BCUT2D eigenvalue weighted by molar-refractivity contribution is 9.10. The van der Waals surface area contributed by atoms with E-state index in [4.69, 9.17) is 10.5 Å². The zero-order valence-electron chi connectivity index (χ0n) is 10.3. The topological polar surface area (TPSA) is 48.1 Å². The van der Waals surface area contributed by atoms with Gasteiger partial charge in [0, 0.05) is 5.39 Å². The molecule has 1 heterocycles. The summed E-state index contributed by atoms with van der Waals surface area (Å²) in [6, 6.07) is 12.0. The number of para-hydroxylation sites is 1. The van der Waals surface area contributed by atoms with Gasteiger partial charge in [0.15, 0.2) is 5.75 Å². The van der Waals surface area contributed by atoms with Crippen LogP contribution < -0.4 is 10.5 Å². The Morgan fingerprint density at radius 3 is 2.75 bits per heavy atom. The highest BCUT2D eigenvalue weighted by atomic mass is 79.9. The molecule has 0 fully saturated rings. The maximum absolute atomic E-state index is 13.2. The molecule has 2 N–H and O–H groups in total. The summed E-state index contributed by atoms with van der Waals surface area (Å²) in [5.74, 6) is 0.681. The highest BCUT2D eigenvalue weighted by Gasteiger charge is 2.10. The van der Waals surface area contributed by atoms with E-state index in [1.54, 1.807) is 18.3 Å². The monoisotopic (exact) mass is 332 g/mol. The number of ether oxygens (including phenoxy) is 1. The van der Waals surface area contributed by atoms with Crippen molar-refractivity contribution in [3.63, 3.8) is 0 Å². The fraction of sp³-hybridized carbons (Fsp3) is 0. The van der Waals surface area contributed by atoms with Crippen molar-refractivity contribution in [3.05, 3.63) is 59.0 Å². The van der Waals surface area contributed by atoms with Crippen molar-refractivity contribution < 1.29 is 9.13 Å². The van der Waals surface area contributed by atoms with Gasteiger partial charge in [0.1, 0.15) is 11.6 Å². The number of rotatable bonds is 2. The maximum Gasteiger partial charge on any atom is 0.161 e. The van der Waals surface area contributed by atoms with Crippen molar-refractivity contribution in [3.8, 4) is 11.5 Å². The summed E-state index contributed by atoms with van der Waals surface area (Å²) in [5, 5.41) is 0.813. The highest BCUT2D eigenvalue weighted by Crippen LogP contribution is 2.35. The van der Waals surface area contributed by atoms with E-state index in [0.717, 1.165) is 10.9 Å². The van der Waals surface area contributed by atoms with Crippen LogP contribution in [0.2, 0.25) is 0 Å². The predicted molar refractivity (Wildman–Crippen MR) is 80.3 cm³/mol. The summed E-state index contributed by atoms with van der Waals surface area (Å²) in [4.78, 5) is 4.24. The molecule has 2 aromatic carbocycles. The Hall–Kier alpha value is -2.14. The molecule has 0 aliphatic heterocycles. The Kier molecular flexibility index (Phi) is 3.28. The normalized spacial score (nSPS) is 10.7. The fourth-order valence-corrected chi connectivity index (χ4v) is 2.26. The van der Waals surface area contributed by atoms with E-state index in [-0.39, 0.29) is 5.82 Å². The number of nitrogens with zero attached hydrogens (tertiary/aromatic N) is 1. The molecule has 0 aliphatic rings. The van der Waals surface area contributed by atoms with Crippen LogP contribution in [0.4, 0.5) is 10.1 Å². The number of benzene rings is 2. The maximum atomic E-state index is 13.2. The van der Waals surface area contributed by atoms with Gasteiger partial charge < -0.3 is 10.5 Å². The minimum Gasteiger partial charge on any atom is -0.454 e. The average molecular weight is 333 g/mol. The third-order valence-corrected chi connectivity index (χ3v) is 3.47. The lowest BCUT2D eigenvalue weighted by Crippen LogP contribution is -1.95. The van der Waals surface area contributed by atoms with Crippen LogP contribution in [0, 0.1) is 5.82 Å². The fourth-order valence-electron chi connectivity index (χ4n) is 1.90. The number of nitrogen functional groups attached to an aromatic ring is 1. The molecule has 0 spiro atoms.